The minimum Gasteiger partial charge on any atom is -0.356 e. The van der Waals surface area contributed by atoms with E-state index >= 15 is 0 Å². The Kier molecular flexibility index (Phi) is 7.43. The van der Waals surface area contributed by atoms with Gasteiger partial charge < -0.3 is 10.6 Å². The fraction of sp³-hybridized carbons (Fsp3) is 0.316. The highest BCUT2D eigenvalue weighted by Crippen LogP contribution is 2.48. The monoisotopic (exact) mass is 500 g/mol. The van der Waals surface area contributed by atoms with Gasteiger partial charge in [0.1, 0.15) is 0 Å². The number of nitrogens with zero attached hydrogens (tertiary/aromatic N) is 2. The van der Waals surface area contributed by atoms with Crippen LogP contribution in [-0.2, 0) is 12.0 Å². The van der Waals surface area contributed by atoms with E-state index in [1.165, 1.54) is 11.6 Å². The lowest BCUT2D eigenvalue weighted by atomic mass is 9.96. The molecule has 0 radical (unpaired) electrons. The first-order chi connectivity index (χ1) is 12.5. The average molecular weight is 501 g/mol. The molecule has 1 aliphatic rings. The van der Waals surface area contributed by atoms with E-state index in [1.807, 2.05) is 24.3 Å². The number of guanidine groups is 1. The van der Waals surface area contributed by atoms with Crippen LogP contribution in [0.1, 0.15) is 24.0 Å². The zero-order valence-corrected chi connectivity index (χ0v) is 18.0. The molecule has 0 heterocycles. The fourth-order valence-electron chi connectivity index (χ4n) is 2.98. The van der Waals surface area contributed by atoms with Crippen molar-refractivity contribution in [2.75, 3.05) is 13.6 Å². The number of rotatable bonds is 6. The molecule has 0 aliphatic heterocycles. The lowest BCUT2D eigenvalue weighted by Crippen LogP contribution is -2.40. The first-order valence-corrected chi connectivity index (χ1v) is 8.84. The Labute approximate surface area is 180 Å². The van der Waals surface area contributed by atoms with Crippen molar-refractivity contribution in [1.29, 1.82) is 0 Å². The van der Waals surface area contributed by atoms with Crippen molar-refractivity contribution in [2.24, 2.45) is 4.99 Å². The van der Waals surface area contributed by atoms with E-state index < -0.39 is 4.92 Å². The summed E-state index contributed by atoms with van der Waals surface area (Å²) in [6.45, 7) is 1.23. The number of non-ortho nitro benzene ring substituents is 1. The van der Waals surface area contributed by atoms with Crippen LogP contribution in [0.25, 0.3) is 0 Å². The number of nitro groups is 1. The highest BCUT2D eigenvalue weighted by atomic mass is 127. The van der Waals surface area contributed by atoms with E-state index in [9.17, 15) is 10.1 Å². The Hall–Kier alpha value is -1.87. The van der Waals surface area contributed by atoms with E-state index in [2.05, 4.69) is 21.7 Å². The zero-order valence-electron chi connectivity index (χ0n) is 14.9. The van der Waals surface area contributed by atoms with E-state index in [0.717, 1.165) is 30.0 Å². The maximum atomic E-state index is 10.9. The molecule has 0 unspecified atom stereocenters. The molecule has 2 aromatic carbocycles. The Morgan fingerprint density at radius 2 is 1.96 bits per heavy atom. The van der Waals surface area contributed by atoms with Gasteiger partial charge in [0.15, 0.2) is 5.96 Å². The van der Waals surface area contributed by atoms with Gasteiger partial charge in [0.05, 0.1) is 4.92 Å². The van der Waals surface area contributed by atoms with Crippen molar-refractivity contribution in [3.05, 3.63) is 74.8 Å². The first kappa shape index (κ1) is 21.4. The highest BCUT2D eigenvalue weighted by Gasteiger charge is 2.44. The van der Waals surface area contributed by atoms with Crippen LogP contribution in [0.4, 0.5) is 5.69 Å². The summed E-state index contributed by atoms with van der Waals surface area (Å²) in [5, 5.41) is 18.2. The number of nitro benzene ring substituents is 1. The molecular weight excluding hydrogens is 479 g/mol. The second-order valence-corrected chi connectivity index (χ2v) is 6.93. The van der Waals surface area contributed by atoms with Crippen LogP contribution in [-0.4, -0.2) is 24.5 Å². The molecule has 0 amide bonds. The van der Waals surface area contributed by atoms with Gasteiger partial charge in [0, 0.05) is 42.7 Å². The molecule has 0 bridgehead atoms. The molecule has 0 atom stereocenters. The standard InChI is InChI=1S/C19H21ClN4O2.HI/c1-21-18(22-12-14-4-2-7-17(10-14)24(25)26)23-13-19(8-9-19)15-5-3-6-16(20)11-15;/h2-7,10-11H,8-9,12-13H2,1H3,(H2,21,22,23);1H. The van der Waals surface area contributed by atoms with Crippen LogP contribution >= 0.6 is 35.6 Å². The van der Waals surface area contributed by atoms with Gasteiger partial charge in [-0.3, -0.25) is 15.1 Å². The third-order valence-corrected chi connectivity index (χ3v) is 4.92. The fourth-order valence-corrected chi connectivity index (χ4v) is 3.17. The van der Waals surface area contributed by atoms with Gasteiger partial charge in [0.25, 0.3) is 5.69 Å². The van der Waals surface area contributed by atoms with Crippen LogP contribution in [0.5, 0.6) is 0 Å². The van der Waals surface area contributed by atoms with Gasteiger partial charge in [-0.05, 0) is 36.1 Å². The second-order valence-electron chi connectivity index (χ2n) is 6.50. The molecule has 2 aromatic rings. The average Bonchev–Trinajstić information content (AvgIpc) is 3.43. The normalized spacial score (nSPS) is 14.8. The number of hydrogen-bond acceptors (Lipinski definition) is 3. The maximum absolute atomic E-state index is 10.9. The van der Waals surface area contributed by atoms with Crippen LogP contribution < -0.4 is 10.6 Å². The first-order valence-electron chi connectivity index (χ1n) is 8.46. The smallest absolute Gasteiger partial charge is 0.269 e. The lowest BCUT2D eigenvalue weighted by molar-refractivity contribution is -0.384. The summed E-state index contributed by atoms with van der Waals surface area (Å²) in [4.78, 5) is 14.7. The maximum Gasteiger partial charge on any atom is 0.269 e. The Bertz CT molecular complexity index is 840. The molecule has 144 valence electrons. The summed E-state index contributed by atoms with van der Waals surface area (Å²) < 4.78 is 0. The topological polar surface area (TPSA) is 79.6 Å². The predicted molar refractivity (Wildman–Crippen MR) is 119 cm³/mol. The number of hydrogen-bond donors (Lipinski definition) is 2. The number of aliphatic imine (C=N–C) groups is 1. The summed E-state index contributed by atoms with van der Waals surface area (Å²) >= 11 is 6.12. The minimum atomic E-state index is -0.390. The minimum absolute atomic E-state index is 0. The van der Waals surface area contributed by atoms with Gasteiger partial charge in [-0.2, -0.15) is 0 Å². The van der Waals surface area contributed by atoms with Crippen molar-refractivity contribution in [1.82, 2.24) is 10.6 Å². The lowest BCUT2D eigenvalue weighted by Gasteiger charge is -2.19. The molecule has 0 saturated heterocycles. The molecule has 8 heteroatoms. The highest BCUT2D eigenvalue weighted by molar-refractivity contribution is 14.0. The van der Waals surface area contributed by atoms with E-state index in [-0.39, 0.29) is 35.1 Å². The van der Waals surface area contributed by atoms with Crippen molar-refractivity contribution in [3.63, 3.8) is 0 Å². The molecule has 27 heavy (non-hydrogen) atoms. The van der Waals surface area contributed by atoms with Gasteiger partial charge in [-0.1, -0.05) is 35.9 Å². The summed E-state index contributed by atoms with van der Waals surface area (Å²) in [7, 11) is 1.71. The van der Waals surface area contributed by atoms with E-state index in [0.29, 0.717) is 12.5 Å². The summed E-state index contributed by atoms with van der Waals surface area (Å²) in [6, 6.07) is 14.6. The van der Waals surface area contributed by atoms with Crippen LogP contribution in [0, 0.1) is 10.1 Å². The van der Waals surface area contributed by atoms with Gasteiger partial charge in [-0.15, -0.1) is 24.0 Å². The molecule has 0 aromatic heterocycles. The quantitative estimate of drug-likeness (QED) is 0.204. The molecule has 3 rings (SSSR count). The van der Waals surface area contributed by atoms with Crippen molar-refractivity contribution in [2.45, 2.75) is 24.8 Å². The molecule has 0 spiro atoms. The van der Waals surface area contributed by atoms with Gasteiger partial charge in [-0.25, -0.2) is 0 Å². The molecule has 2 N–H and O–H groups in total. The SMILES string of the molecule is CN=C(NCc1cccc([N+](=O)[O-])c1)NCC1(c2cccc(Cl)c2)CC1.I. The van der Waals surface area contributed by atoms with E-state index in [1.54, 1.807) is 19.2 Å². The Morgan fingerprint density at radius 3 is 2.59 bits per heavy atom. The molecule has 1 saturated carbocycles. The van der Waals surface area contributed by atoms with Crippen LogP contribution in [0.3, 0.4) is 0 Å². The van der Waals surface area contributed by atoms with Crippen LogP contribution in [0.15, 0.2) is 53.5 Å². The Balaban J connectivity index is 0.00000261. The van der Waals surface area contributed by atoms with Crippen molar-refractivity contribution >= 4 is 47.2 Å². The summed E-state index contributed by atoms with van der Waals surface area (Å²) in [5.41, 5.74) is 2.27. The molecular formula is C19H22ClIN4O2. The van der Waals surface area contributed by atoms with Crippen LogP contribution in [0.2, 0.25) is 5.02 Å². The molecule has 1 fully saturated rings. The second kappa shape index (κ2) is 9.36. The summed E-state index contributed by atoms with van der Waals surface area (Å²) in [5.74, 6) is 0.671. The number of halogens is 2. The third kappa shape index (κ3) is 5.55. The largest absolute Gasteiger partial charge is 0.356 e. The predicted octanol–water partition coefficient (Wildman–Crippen LogP) is 4.26. The molecule has 1 aliphatic carbocycles. The van der Waals surface area contributed by atoms with E-state index in [4.69, 9.17) is 11.6 Å². The van der Waals surface area contributed by atoms with Crippen molar-refractivity contribution in [3.8, 4) is 0 Å². The summed E-state index contributed by atoms with van der Waals surface area (Å²) in [6.07, 6.45) is 2.23. The Morgan fingerprint density at radius 1 is 1.22 bits per heavy atom. The molecule has 6 nitrogen and oxygen atoms in total. The van der Waals surface area contributed by atoms with Crippen molar-refractivity contribution < 1.29 is 4.92 Å². The van der Waals surface area contributed by atoms with Gasteiger partial charge >= 0.3 is 0 Å². The third-order valence-electron chi connectivity index (χ3n) is 4.69. The van der Waals surface area contributed by atoms with Gasteiger partial charge in [0.2, 0.25) is 0 Å². The zero-order chi connectivity index (χ0) is 18.6. The number of nitrogens with one attached hydrogen (secondary N) is 2. The number of benzene rings is 2.